The second-order valence-corrected chi connectivity index (χ2v) is 2.25. The molecule has 3 heteroatoms. The van der Waals surface area contributed by atoms with Gasteiger partial charge in [0, 0.05) is 7.05 Å². The van der Waals surface area contributed by atoms with E-state index in [0.29, 0.717) is 11.5 Å². The lowest BCUT2D eigenvalue weighted by atomic mass is 10.2. The number of phenols is 1. The summed E-state index contributed by atoms with van der Waals surface area (Å²) in [6.07, 6.45) is 0. The van der Waals surface area contributed by atoms with Crippen LogP contribution in [0.3, 0.4) is 0 Å². The lowest BCUT2D eigenvalue weighted by Crippen LogP contribution is -2.02. The summed E-state index contributed by atoms with van der Waals surface area (Å²) in [5, 5.41) is 9.38. The number of hydrogen-bond acceptors (Lipinski definition) is 3. The van der Waals surface area contributed by atoms with Crippen molar-refractivity contribution in [3.05, 3.63) is 29.8 Å². The van der Waals surface area contributed by atoms with Crippen molar-refractivity contribution >= 4 is 5.90 Å². The van der Waals surface area contributed by atoms with Gasteiger partial charge in [0.2, 0.25) is 5.90 Å². The Kier molecular flexibility index (Phi) is 2.69. The molecular formula is C9H11NO2. The van der Waals surface area contributed by atoms with E-state index in [0.717, 1.165) is 0 Å². The van der Waals surface area contributed by atoms with Crippen LogP contribution < -0.4 is 0 Å². The van der Waals surface area contributed by atoms with E-state index in [9.17, 15) is 5.11 Å². The lowest BCUT2D eigenvalue weighted by Gasteiger charge is -2.04. The highest BCUT2D eigenvalue weighted by Crippen LogP contribution is 2.16. The van der Waals surface area contributed by atoms with Crippen molar-refractivity contribution in [3.8, 4) is 5.75 Å². The summed E-state index contributed by atoms with van der Waals surface area (Å²) in [5.74, 6) is 0.619. The van der Waals surface area contributed by atoms with Gasteiger partial charge in [-0.2, -0.15) is 0 Å². The molecule has 1 aromatic carbocycles. The van der Waals surface area contributed by atoms with Crippen molar-refractivity contribution in [2.75, 3.05) is 14.2 Å². The van der Waals surface area contributed by atoms with Gasteiger partial charge in [0.15, 0.2) is 0 Å². The summed E-state index contributed by atoms with van der Waals surface area (Å²) in [6, 6.07) is 6.92. The molecule has 3 nitrogen and oxygen atoms in total. The zero-order valence-electron chi connectivity index (χ0n) is 7.11. The van der Waals surface area contributed by atoms with Gasteiger partial charge in [0.1, 0.15) is 5.75 Å². The van der Waals surface area contributed by atoms with Gasteiger partial charge < -0.3 is 9.84 Å². The van der Waals surface area contributed by atoms with Gasteiger partial charge in [0.05, 0.1) is 12.7 Å². The molecule has 0 unspecified atom stereocenters. The number of rotatable bonds is 1. The monoisotopic (exact) mass is 165 g/mol. The first-order valence-corrected chi connectivity index (χ1v) is 3.58. The maximum absolute atomic E-state index is 9.38. The normalized spacial score (nSPS) is 11.3. The molecule has 0 aromatic heterocycles. The Hall–Kier alpha value is -1.51. The van der Waals surface area contributed by atoms with Crippen molar-refractivity contribution < 1.29 is 9.84 Å². The van der Waals surface area contributed by atoms with Crippen LogP contribution in [-0.4, -0.2) is 25.2 Å². The first-order valence-electron chi connectivity index (χ1n) is 3.58. The molecule has 12 heavy (non-hydrogen) atoms. The third kappa shape index (κ3) is 1.56. The molecule has 64 valence electrons. The average Bonchev–Trinajstić information content (AvgIpc) is 2.10. The van der Waals surface area contributed by atoms with Crippen LogP contribution in [0.4, 0.5) is 0 Å². The predicted octanol–water partition coefficient (Wildman–Crippen LogP) is 1.41. The molecule has 0 spiro atoms. The maximum Gasteiger partial charge on any atom is 0.219 e. The van der Waals surface area contributed by atoms with Gasteiger partial charge in [-0.1, -0.05) is 12.1 Å². The predicted molar refractivity (Wildman–Crippen MR) is 47.6 cm³/mol. The zero-order chi connectivity index (χ0) is 8.97. The minimum Gasteiger partial charge on any atom is -0.507 e. The van der Waals surface area contributed by atoms with E-state index >= 15 is 0 Å². The van der Waals surface area contributed by atoms with Crippen LogP contribution in [0.1, 0.15) is 5.56 Å². The van der Waals surface area contributed by atoms with Gasteiger partial charge in [0.25, 0.3) is 0 Å². The van der Waals surface area contributed by atoms with Gasteiger partial charge >= 0.3 is 0 Å². The van der Waals surface area contributed by atoms with Crippen LogP contribution in [0.15, 0.2) is 29.3 Å². The van der Waals surface area contributed by atoms with Crippen molar-refractivity contribution in [2.24, 2.45) is 4.99 Å². The van der Waals surface area contributed by atoms with Crippen LogP contribution in [0.2, 0.25) is 0 Å². The minimum atomic E-state index is 0.181. The highest BCUT2D eigenvalue weighted by atomic mass is 16.5. The van der Waals surface area contributed by atoms with E-state index in [2.05, 4.69) is 4.99 Å². The van der Waals surface area contributed by atoms with Crippen molar-refractivity contribution in [2.45, 2.75) is 0 Å². The molecule has 1 rings (SSSR count). The Morgan fingerprint density at radius 3 is 2.58 bits per heavy atom. The number of phenolic OH excluding ortho intramolecular Hbond substituents is 1. The summed E-state index contributed by atoms with van der Waals surface area (Å²) in [7, 11) is 3.14. The fraction of sp³-hybridized carbons (Fsp3) is 0.222. The fourth-order valence-corrected chi connectivity index (χ4v) is 0.976. The Labute approximate surface area is 71.3 Å². The molecule has 0 radical (unpaired) electrons. The quantitative estimate of drug-likeness (QED) is 0.505. The molecule has 0 aliphatic rings. The second kappa shape index (κ2) is 3.76. The standard InChI is InChI=1S/C9H11NO2/c1-10-9(12-2)7-5-3-4-6-8(7)11/h3-6,11H,1-2H3/b10-9-. The maximum atomic E-state index is 9.38. The molecule has 0 saturated carbocycles. The van der Waals surface area contributed by atoms with E-state index in [-0.39, 0.29) is 5.75 Å². The van der Waals surface area contributed by atoms with Crippen LogP contribution >= 0.6 is 0 Å². The first-order chi connectivity index (χ1) is 5.79. The Morgan fingerprint density at radius 2 is 2.08 bits per heavy atom. The summed E-state index contributed by atoms with van der Waals surface area (Å²) in [6.45, 7) is 0. The molecule has 0 heterocycles. The van der Waals surface area contributed by atoms with E-state index in [1.807, 2.05) is 6.07 Å². The Morgan fingerprint density at radius 1 is 1.42 bits per heavy atom. The van der Waals surface area contributed by atoms with Crippen LogP contribution in [0.25, 0.3) is 0 Å². The molecule has 0 bridgehead atoms. The highest BCUT2D eigenvalue weighted by molar-refractivity contribution is 5.96. The Balaban J connectivity index is 3.10. The zero-order valence-corrected chi connectivity index (χ0v) is 7.11. The number of nitrogens with zero attached hydrogens (tertiary/aromatic N) is 1. The van der Waals surface area contributed by atoms with Gasteiger partial charge in [-0.15, -0.1) is 0 Å². The summed E-state index contributed by atoms with van der Waals surface area (Å²) < 4.78 is 4.96. The summed E-state index contributed by atoms with van der Waals surface area (Å²) in [4.78, 5) is 3.87. The summed E-state index contributed by atoms with van der Waals surface area (Å²) in [5.41, 5.74) is 0.613. The third-order valence-electron chi connectivity index (χ3n) is 1.53. The largest absolute Gasteiger partial charge is 0.507 e. The molecule has 0 amide bonds. The van der Waals surface area contributed by atoms with Gasteiger partial charge in [-0.05, 0) is 12.1 Å². The number of benzene rings is 1. The minimum absolute atomic E-state index is 0.181. The number of para-hydroxylation sites is 1. The topological polar surface area (TPSA) is 41.8 Å². The van der Waals surface area contributed by atoms with E-state index in [1.165, 1.54) is 7.11 Å². The van der Waals surface area contributed by atoms with E-state index < -0.39 is 0 Å². The summed E-state index contributed by atoms with van der Waals surface area (Å²) >= 11 is 0. The smallest absolute Gasteiger partial charge is 0.219 e. The van der Waals surface area contributed by atoms with E-state index in [4.69, 9.17) is 4.74 Å². The lowest BCUT2D eigenvalue weighted by molar-refractivity contribution is 0.399. The molecule has 0 aliphatic heterocycles. The highest BCUT2D eigenvalue weighted by Gasteiger charge is 2.05. The van der Waals surface area contributed by atoms with Crippen molar-refractivity contribution in [3.63, 3.8) is 0 Å². The molecule has 1 N–H and O–H groups in total. The molecular weight excluding hydrogens is 154 g/mol. The number of hydrogen-bond donors (Lipinski definition) is 1. The fourth-order valence-electron chi connectivity index (χ4n) is 0.976. The van der Waals surface area contributed by atoms with Gasteiger partial charge in [-0.3, -0.25) is 4.99 Å². The molecule has 0 aliphatic carbocycles. The van der Waals surface area contributed by atoms with Crippen molar-refractivity contribution in [1.29, 1.82) is 0 Å². The average molecular weight is 165 g/mol. The Bertz CT molecular complexity index is 294. The van der Waals surface area contributed by atoms with Crippen molar-refractivity contribution in [1.82, 2.24) is 0 Å². The molecule has 0 atom stereocenters. The second-order valence-electron chi connectivity index (χ2n) is 2.25. The van der Waals surface area contributed by atoms with Gasteiger partial charge in [-0.25, -0.2) is 0 Å². The van der Waals surface area contributed by atoms with E-state index in [1.54, 1.807) is 25.2 Å². The first kappa shape index (κ1) is 8.59. The number of aromatic hydroxyl groups is 1. The SMILES string of the molecule is C/N=C(\OC)c1ccccc1O. The van der Waals surface area contributed by atoms with Crippen LogP contribution in [0, 0.1) is 0 Å². The molecule has 0 fully saturated rings. The number of methoxy groups -OCH3 is 1. The molecule has 1 aromatic rings. The third-order valence-corrected chi connectivity index (χ3v) is 1.53. The van der Waals surface area contributed by atoms with Crippen LogP contribution in [-0.2, 0) is 4.74 Å². The number of ether oxygens (including phenoxy) is 1. The van der Waals surface area contributed by atoms with Crippen LogP contribution in [0.5, 0.6) is 5.75 Å². The molecule has 0 saturated heterocycles. The number of aliphatic imine (C=N–C) groups is 1.